The second-order valence-electron chi connectivity index (χ2n) is 2.99. The van der Waals surface area contributed by atoms with Crippen molar-refractivity contribution in [3.8, 4) is 0 Å². The van der Waals surface area contributed by atoms with Crippen molar-refractivity contribution in [1.29, 1.82) is 0 Å². The van der Waals surface area contributed by atoms with Gasteiger partial charge in [0.1, 0.15) is 0 Å². The number of rotatable bonds is 4. The van der Waals surface area contributed by atoms with Crippen molar-refractivity contribution in [2.75, 3.05) is 12.3 Å². The summed E-state index contributed by atoms with van der Waals surface area (Å²) in [4.78, 5) is 0. The number of nitrogens with two attached hydrogens (primary N) is 1. The molecule has 5 heteroatoms. The first-order valence-corrected chi connectivity index (χ1v) is 5.40. The fraction of sp³-hybridized carbons (Fsp3) is 1.00. The zero-order chi connectivity index (χ0) is 8.54. The maximum absolute atomic E-state index is 11.0. The summed E-state index contributed by atoms with van der Waals surface area (Å²) in [5.41, 5.74) is 5.12. The molecule has 4 nitrogen and oxygen atoms in total. The van der Waals surface area contributed by atoms with Gasteiger partial charge in [-0.3, -0.25) is 0 Å². The van der Waals surface area contributed by atoms with Gasteiger partial charge in [0, 0.05) is 12.1 Å². The highest BCUT2D eigenvalue weighted by atomic mass is 32.2. The van der Waals surface area contributed by atoms with Crippen LogP contribution in [0.1, 0.15) is 19.8 Å². The van der Waals surface area contributed by atoms with Crippen LogP contribution in [-0.2, 0) is 10.0 Å². The molecule has 1 saturated carbocycles. The Kier molecular flexibility index (Phi) is 2.22. The van der Waals surface area contributed by atoms with Crippen LogP contribution in [0.2, 0.25) is 0 Å². The Morgan fingerprint density at radius 2 is 2.09 bits per heavy atom. The van der Waals surface area contributed by atoms with Gasteiger partial charge in [0.25, 0.3) is 0 Å². The number of hydrogen-bond acceptors (Lipinski definition) is 3. The average Bonchev–Trinajstić information content (AvgIpc) is 2.69. The van der Waals surface area contributed by atoms with E-state index < -0.39 is 10.0 Å². The maximum Gasteiger partial charge on any atom is 0.211 e. The zero-order valence-corrected chi connectivity index (χ0v) is 7.45. The summed E-state index contributed by atoms with van der Waals surface area (Å²) in [7, 11) is -3.06. The van der Waals surface area contributed by atoms with Gasteiger partial charge in [-0.05, 0) is 19.8 Å². The standard InChI is InChI=1S/C6H14N2O2S/c1-2-11(9,10)8-6(5-7)3-4-6/h8H,2-5,7H2,1H3. The van der Waals surface area contributed by atoms with E-state index in [4.69, 9.17) is 5.73 Å². The highest BCUT2D eigenvalue weighted by molar-refractivity contribution is 7.89. The molecule has 0 aromatic rings. The van der Waals surface area contributed by atoms with Gasteiger partial charge in [0.2, 0.25) is 10.0 Å². The number of hydrogen-bond donors (Lipinski definition) is 2. The van der Waals surface area contributed by atoms with Crippen LogP contribution in [0.4, 0.5) is 0 Å². The Hall–Kier alpha value is -0.130. The molecule has 0 amide bonds. The largest absolute Gasteiger partial charge is 0.329 e. The molecule has 0 aliphatic heterocycles. The van der Waals surface area contributed by atoms with E-state index >= 15 is 0 Å². The first-order valence-electron chi connectivity index (χ1n) is 3.75. The van der Waals surface area contributed by atoms with E-state index in [1.165, 1.54) is 0 Å². The normalized spacial score (nSPS) is 21.6. The highest BCUT2D eigenvalue weighted by Gasteiger charge is 2.43. The van der Waals surface area contributed by atoms with Crippen molar-refractivity contribution in [3.63, 3.8) is 0 Å². The lowest BCUT2D eigenvalue weighted by molar-refractivity contribution is 0.546. The van der Waals surface area contributed by atoms with Gasteiger partial charge in [-0.15, -0.1) is 0 Å². The minimum absolute atomic E-state index is 0.134. The monoisotopic (exact) mass is 178 g/mol. The molecule has 3 N–H and O–H groups in total. The smallest absolute Gasteiger partial charge is 0.211 e. The Morgan fingerprint density at radius 3 is 2.36 bits per heavy atom. The van der Waals surface area contributed by atoms with E-state index in [0.29, 0.717) is 6.54 Å². The molecule has 0 radical (unpaired) electrons. The van der Waals surface area contributed by atoms with Gasteiger partial charge in [-0.1, -0.05) is 0 Å². The van der Waals surface area contributed by atoms with Gasteiger partial charge in [-0.25, -0.2) is 13.1 Å². The fourth-order valence-electron chi connectivity index (χ4n) is 0.901. The third-order valence-electron chi connectivity index (χ3n) is 2.00. The SMILES string of the molecule is CCS(=O)(=O)NC1(CN)CC1. The average molecular weight is 178 g/mol. The van der Waals surface area contributed by atoms with E-state index in [1.807, 2.05) is 0 Å². The topological polar surface area (TPSA) is 72.2 Å². The Morgan fingerprint density at radius 1 is 1.55 bits per heavy atom. The Bertz CT molecular complexity index is 231. The molecule has 0 aromatic heterocycles. The van der Waals surface area contributed by atoms with Gasteiger partial charge < -0.3 is 5.73 Å². The molecule has 66 valence electrons. The fourth-order valence-corrected chi connectivity index (χ4v) is 1.99. The molecule has 11 heavy (non-hydrogen) atoms. The van der Waals surface area contributed by atoms with Crippen molar-refractivity contribution in [1.82, 2.24) is 4.72 Å². The second kappa shape index (κ2) is 2.73. The predicted octanol–water partition coefficient (Wildman–Crippen LogP) is -0.583. The lowest BCUT2D eigenvalue weighted by Crippen LogP contribution is -2.42. The third-order valence-corrected chi connectivity index (χ3v) is 3.50. The summed E-state index contributed by atoms with van der Waals surface area (Å²) >= 11 is 0. The van der Waals surface area contributed by atoms with E-state index in [0.717, 1.165) is 12.8 Å². The van der Waals surface area contributed by atoms with Crippen molar-refractivity contribution in [2.45, 2.75) is 25.3 Å². The molecular formula is C6H14N2O2S. The second-order valence-corrected chi connectivity index (χ2v) is 5.00. The highest BCUT2D eigenvalue weighted by Crippen LogP contribution is 2.34. The third kappa shape index (κ3) is 2.15. The molecular weight excluding hydrogens is 164 g/mol. The van der Waals surface area contributed by atoms with E-state index in [1.54, 1.807) is 6.92 Å². The van der Waals surface area contributed by atoms with Gasteiger partial charge in [-0.2, -0.15) is 0 Å². The zero-order valence-electron chi connectivity index (χ0n) is 6.63. The molecule has 0 aromatic carbocycles. The molecule has 0 saturated heterocycles. The minimum Gasteiger partial charge on any atom is -0.329 e. The molecule has 1 rings (SSSR count). The van der Waals surface area contributed by atoms with E-state index in [2.05, 4.69) is 4.72 Å². The summed E-state index contributed by atoms with van der Waals surface area (Å²) in [6, 6.07) is 0. The van der Waals surface area contributed by atoms with Crippen molar-refractivity contribution >= 4 is 10.0 Å². The Balaban J connectivity index is 2.55. The first-order chi connectivity index (χ1) is 5.04. The van der Waals surface area contributed by atoms with Crippen LogP contribution in [0.15, 0.2) is 0 Å². The van der Waals surface area contributed by atoms with Gasteiger partial charge in [0.05, 0.1) is 5.75 Å². The lowest BCUT2D eigenvalue weighted by atomic mass is 10.3. The molecule has 1 aliphatic carbocycles. The van der Waals surface area contributed by atoms with Crippen LogP contribution in [-0.4, -0.2) is 26.3 Å². The molecule has 0 atom stereocenters. The number of nitrogens with one attached hydrogen (secondary N) is 1. The maximum atomic E-state index is 11.0. The predicted molar refractivity (Wildman–Crippen MR) is 43.6 cm³/mol. The van der Waals surface area contributed by atoms with Crippen LogP contribution < -0.4 is 10.5 Å². The summed E-state index contributed by atoms with van der Waals surface area (Å²) in [5.74, 6) is 0.134. The van der Waals surface area contributed by atoms with Crippen LogP contribution in [0.5, 0.6) is 0 Å². The molecule has 0 unspecified atom stereocenters. The van der Waals surface area contributed by atoms with Gasteiger partial charge >= 0.3 is 0 Å². The Labute approximate surface area is 67.2 Å². The van der Waals surface area contributed by atoms with Crippen molar-refractivity contribution < 1.29 is 8.42 Å². The summed E-state index contributed by atoms with van der Waals surface area (Å²) in [6.07, 6.45) is 1.76. The summed E-state index contributed by atoms with van der Waals surface area (Å²) < 4.78 is 24.7. The molecule has 0 bridgehead atoms. The van der Waals surface area contributed by atoms with E-state index in [9.17, 15) is 8.42 Å². The van der Waals surface area contributed by atoms with Crippen LogP contribution in [0.3, 0.4) is 0 Å². The van der Waals surface area contributed by atoms with Crippen LogP contribution >= 0.6 is 0 Å². The minimum atomic E-state index is -3.06. The van der Waals surface area contributed by atoms with Crippen LogP contribution in [0, 0.1) is 0 Å². The number of sulfonamides is 1. The molecule has 0 heterocycles. The van der Waals surface area contributed by atoms with Crippen LogP contribution in [0.25, 0.3) is 0 Å². The first kappa shape index (κ1) is 8.96. The van der Waals surface area contributed by atoms with E-state index in [-0.39, 0.29) is 11.3 Å². The summed E-state index contributed by atoms with van der Waals surface area (Å²) in [6.45, 7) is 2.03. The molecule has 1 aliphatic rings. The van der Waals surface area contributed by atoms with Crippen molar-refractivity contribution in [3.05, 3.63) is 0 Å². The molecule has 0 spiro atoms. The van der Waals surface area contributed by atoms with Crippen molar-refractivity contribution in [2.24, 2.45) is 5.73 Å². The quantitative estimate of drug-likeness (QED) is 0.605. The van der Waals surface area contributed by atoms with Gasteiger partial charge in [0.15, 0.2) is 0 Å². The molecule has 1 fully saturated rings. The summed E-state index contributed by atoms with van der Waals surface area (Å²) in [5, 5.41) is 0. The lowest BCUT2D eigenvalue weighted by Gasteiger charge is -2.13.